The fourth-order valence-electron chi connectivity index (χ4n) is 2.17. The first-order valence-corrected chi connectivity index (χ1v) is 6.81. The molecule has 17 heavy (non-hydrogen) atoms. The zero-order valence-corrected chi connectivity index (χ0v) is 12.0. The maximum Gasteiger partial charge on any atom is 0.0666 e. The van der Waals surface area contributed by atoms with Gasteiger partial charge in [0.1, 0.15) is 0 Å². The van der Waals surface area contributed by atoms with Crippen LogP contribution in [0.3, 0.4) is 0 Å². The fourth-order valence-corrected chi connectivity index (χ4v) is 2.17. The van der Waals surface area contributed by atoms with Gasteiger partial charge in [0.2, 0.25) is 0 Å². The van der Waals surface area contributed by atoms with Crippen molar-refractivity contribution in [2.24, 2.45) is 13.0 Å². The molecule has 0 aliphatic carbocycles. The average molecular weight is 237 g/mol. The Bertz CT molecular complexity index is 330. The van der Waals surface area contributed by atoms with Crippen molar-refractivity contribution in [3.05, 3.63) is 17.5 Å². The van der Waals surface area contributed by atoms with Crippen molar-refractivity contribution in [3.63, 3.8) is 0 Å². The zero-order valence-electron chi connectivity index (χ0n) is 12.0. The molecule has 0 fully saturated rings. The summed E-state index contributed by atoms with van der Waals surface area (Å²) in [6, 6.07) is 0.579. The summed E-state index contributed by atoms with van der Waals surface area (Å²) in [5, 5.41) is 8.06. The number of nitrogens with one attached hydrogen (secondary N) is 1. The molecule has 0 aliphatic heterocycles. The molecule has 0 spiro atoms. The van der Waals surface area contributed by atoms with Gasteiger partial charge < -0.3 is 5.32 Å². The third kappa shape index (κ3) is 4.50. The number of nitrogens with zero attached hydrogens (tertiary/aromatic N) is 2. The monoisotopic (exact) mass is 237 g/mol. The molecule has 1 heterocycles. The molecule has 2 unspecified atom stereocenters. The molecule has 0 amide bonds. The van der Waals surface area contributed by atoms with Crippen LogP contribution < -0.4 is 5.32 Å². The molecule has 0 saturated carbocycles. The molecule has 2 atom stereocenters. The maximum absolute atomic E-state index is 4.46. The topological polar surface area (TPSA) is 29.9 Å². The van der Waals surface area contributed by atoms with Crippen LogP contribution >= 0.6 is 0 Å². The molecular weight excluding hydrogens is 210 g/mol. The summed E-state index contributed by atoms with van der Waals surface area (Å²) in [7, 11) is 1.99. The number of hydrogen-bond donors (Lipinski definition) is 1. The first-order chi connectivity index (χ1) is 8.06. The summed E-state index contributed by atoms with van der Waals surface area (Å²) >= 11 is 0. The lowest BCUT2D eigenvalue weighted by molar-refractivity contribution is 0.411. The van der Waals surface area contributed by atoms with Crippen LogP contribution in [0.25, 0.3) is 0 Å². The number of aryl methyl sites for hydroxylation is 2. The molecule has 0 aromatic carbocycles. The number of rotatable bonds is 7. The maximum atomic E-state index is 4.46. The number of hydrogen-bond acceptors (Lipinski definition) is 2. The van der Waals surface area contributed by atoms with E-state index < -0.39 is 0 Å². The highest BCUT2D eigenvalue weighted by atomic mass is 15.3. The van der Waals surface area contributed by atoms with Crippen LogP contribution in [0.1, 0.15) is 51.8 Å². The molecule has 1 aromatic rings. The minimum Gasteiger partial charge on any atom is -0.310 e. The molecule has 98 valence electrons. The molecule has 3 nitrogen and oxygen atoms in total. The van der Waals surface area contributed by atoms with Crippen LogP contribution in [0.5, 0.6) is 0 Å². The average Bonchev–Trinajstić information content (AvgIpc) is 2.66. The van der Waals surface area contributed by atoms with E-state index in [1.807, 2.05) is 11.7 Å². The summed E-state index contributed by atoms with van der Waals surface area (Å²) in [6.07, 6.45) is 5.65. The summed E-state index contributed by atoms with van der Waals surface area (Å²) in [4.78, 5) is 0. The molecule has 0 radical (unpaired) electrons. The highest BCUT2D eigenvalue weighted by Crippen LogP contribution is 2.11. The zero-order chi connectivity index (χ0) is 12.8. The van der Waals surface area contributed by atoms with Crippen molar-refractivity contribution in [2.45, 2.75) is 59.5 Å². The van der Waals surface area contributed by atoms with E-state index >= 15 is 0 Å². The van der Waals surface area contributed by atoms with Gasteiger partial charge >= 0.3 is 0 Å². The van der Waals surface area contributed by atoms with Gasteiger partial charge in [-0.25, -0.2) is 0 Å². The van der Waals surface area contributed by atoms with Crippen molar-refractivity contribution >= 4 is 0 Å². The Labute approximate surface area is 106 Å². The summed E-state index contributed by atoms with van der Waals surface area (Å²) in [6.45, 7) is 9.95. The van der Waals surface area contributed by atoms with Crippen LogP contribution in [0.15, 0.2) is 6.20 Å². The van der Waals surface area contributed by atoms with E-state index in [9.17, 15) is 0 Å². The fraction of sp³-hybridized carbons (Fsp3) is 0.786. The standard InChI is InChI=1S/C14H27N3/c1-6-11(3)8-12(4)15-9-13-10-17(5)16-14(13)7-2/h10-12,15H,6-9H2,1-5H3. The predicted molar refractivity (Wildman–Crippen MR) is 73.0 cm³/mol. The Morgan fingerprint density at radius 1 is 1.35 bits per heavy atom. The van der Waals surface area contributed by atoms with Crippen LogP contribution in [0.2, 0.25) is 0 Å². The van der Waals surface area contributed by atoms with E-state index in [-0.39, 0.29) is 0 Å². The second-order valence-corrected chi connectivity index (χ2v) is 5.16. The third-order valence-corrected chi connectivity index (χ3v) is 3.42. The Kier molecular flexibility index (Phi) is 5.69. The van der Waals surface area contributed by atoms with Crippen LogP contribution in [-0.2, 0) is 20.0 Å². The summed E-state index contributed by atoms with van der Waals surface area (Å²) in [5.74, 6) is 0.803. The normalized spacial score (nSPS) is 14.9. The molecule has 1 aromatic heterocycles. The SMILES string of the molecule is CCc1nn(C)cc1CNC(C)CC(C)CC. The van der Waals surface area contributed by atoms with Crippen LogP contribution in [0.4, 0.5) is 0 Å². The Morgan fingerprint density at radius 2 is 2.06 bits per heavy atom. The van der Waals surface area contributed by atoms with Gasteiger partial charge in [-0.3, -0.25) is 4.68 Å². The molecular formula is C14H27N3. The van der Waals surface area contributed by atoms with E-state index in [4.69, 9.17) is 0 Å². The van der Waals surface area contributed by atoms with Gasteiger partial charge in [-0.05, 0) is 25.7 Å². The van der Waals surface area contributed by atoms with E-state index in [2.05, 4.69) is 44.3 Å². The second kappa shape index (κ2) is 6.80. The van der Waals surface area contributed by atoms with E-state index in [0.29, 0.717) is 6.04 Å². The minimum absolute atomic E-state index is 0.579. The van der Waals surface area contributed by atoms with Crippen molar-refractivity contribution < 1.29 is 0 Å². The van der Waals surface area contributed by atoms with Crippen molar-refractivity contribution in [1.82, 2.24) is 15.1 Å². The van der Waals surface area contributed by atoms with Crippen LogP contribution in [0, 0.1) is 5.92 Å². The van der Waals surface area contributed by atoms with Crippen molar-refractivity contribution in [3.8, 4) is 0 Å². The van der Waals surface area contributed by atoms with Crippen molar-refractivity contribution in [2.75, 3.05) is 0 Å². The smallest absolute Gasteiger partial charge is 0.0666 e. The van der Waals surface area contributed by atoms with E-state index in [0.717, 1.165) is 18.9 Å². The lowest BCUT2D eigenvalue weighted by Gasteiger charge is -2.17. The highest BCUT2D eigenvalue weighted by Gasteiger charge is 2.09. The lowest BCUT2D eigenvalue weighted by Crippen LogP contribution is -2.27. The van der Waals surface area contributed by atoms with Gasteiger partial charge in [-0.15, -0.1) is 0 Å². The van der Waals surface area contributed by atoms with Crippen molar-refractivity contribution in [1.29, 1.82) is 0 Å². The van der Waals surface area contributed by atoms with Gasteiger partial charge in [-0.2, -0.15) is 5.10 Å². The van der Waals surface area contributed by atoms with E-state index in [1.165, 1.54) is 24.1 Å². The lowest BCUT2D eigenvalue weighted by atomic mass is 10.0. The van der Waals surface area contributed by atoms with Gasteiger partial charge in [0.05, 0.1) is 5.69 Å². The molecule has 0 bridgehead atoms. The molecule has 0 saturated heterocycles. The van der Waals surface area contributed by atoms with Gasteiger partial charge in [0.25, 0.3) is 0 Å². The number of aromatic nitrogens is 2. The summed E-state index contributed by atoms with van der Waals surface area (Å²) in [5.41, 5.74) is 2.56. The first kappa shape index (κ1) is 14.2. The molecule has 1 N–H and O–H groups in total. The first-order valence-electron chi connectivity index (χ1n) is 6.81. The second-order valence-electron chi connectivity index (χ2n) is 5.16. The Balaban J connectivity index is 2.43. The molecule has 3 heteroatoms. The molecule has 0 aliphatic rings. The third-order valence-electron chi connectivity index (χ3n) is 3.42. The Hall–Kier alpha value is -0.830. The quantitative estimate of drug-likeness (QED) is 0.790. The van der Waals surface area contributed by atoms with Gasteiger partial charge in [0, 0.05) is 31.4 Å². The van der Waals surface area contributed by atoms with E-state index in [1.54, 1.807) is 0 Å². The minimum atomic E-state index is 0.579. The largest absolute Gasteiger partial charge is 0.310 e. The molecule has 1 rings (SSSR count). The van der Waals surface area contributed by atoms with Crippen LogP contribution in [-0.4, -0.2) is 15.8 Å². The summed E-state index contributed by atoms with van der Waals surface area (Å²) < 4.78 is 1.91. The van der Waals surface area contributed by atoms with Gasteiger partial charge in [-0.1, -0.05) is 27.2 Å². The Morgan fingerprint density at radius 3 is 2.65 bits per heavy atom. The van der Waals surface area contributed by atoms with Gasteiger partial charge in [0.15, 0.2) is 0 Å². The highest BCUT2D eigenvalue weighted by molar-refractivity contribution is 5.16. The predicted octanol–water partition coefficient (Wildman–Crippen LogP) is 2.90.